The molecule has 0 aliphatic carbocycles. The molecule has 0 spiro atoms. The maximum Gasteiger partial charge on any atom is 0.235 e. The van der Waals surface area contributed by atoms with Gasteiger partial charge >= 0.3 is 0 Å². The van der Waals surface area contributed by atoms with Gasteiger partial charge < -0.3 is 14.8 Å². The van der Waals surface area contributed by atoms with E-state index in [2.05, 4.69) is 55.8 Å². The number of hydrogen-bond acceptors (Lipinski definition) is 2. The minimum Gasteiger partial charge on any atom is -0.342 e. The highest BCUT2D eigenvalue weighted by Gasteiger charge is 2.23. The van der Waals surface area contributed by atoms with Crippen LogP contribution in [0.15, 0.2) is 48.5 Å². The maximum atomic E-state index is 13.1. The van der Waals surface area contributed by atoms with Gasteiger partial charge in [0.1, 0.15) is 5.82 Å². The van der Waals surface area contributed by atoms with E-state index in [0.717, 1.165) is 44.6 Å². The van der Waals surface area contributed by atoms with Crippen molar-refractivity contribution in [3.8, 4) is 0 Å². The quantitative estimate of drug-likeness (QED) is 0.495. The third-order valence-corrected chi connectivity index (χ3v) is 6.50. The summed E-state index contributed by atoms with van der Waals surface area (Å²) in [7, 11) is 0. The van der Waals surface area contributed by atoms with Gasteiger partial charge in [0, 0.05) is 42.4 Å². The van der Waals surface area contributed by atoms with Crippen LogP contribution in [0.5, 0.6) is 0 Å². The summed E-state index contributed by atoms with van der Waals surface area (Å²) in [6.45, 7) is 5.29. The second-order valence-electron chi connectivity index (χ2n) is 8.06. The lowest BCUT2D eigenvalue weighted by atomic mass is 10.0. The van der Waals surface area contributed by atoms with Crippen LogP contribution in [0, 0.1) is 12.7 Å². The van der Waals surface area contributed by atoms with Gasteiger partial charge in [-0.25, -0.2) is 4.39 Å². The molecule has 4 nitrogen and oxygen atoms in total. The van der Waals surface area contributed by atoms with Gasteiger partial charge in [-0.15, -0.1) is 0 Å². The number of piperidine rings is 1. The Kier molecular flexibility index (Phi) is 6.54. The summed E-state index contributed by atoms with van der Waals surface area (Å²) in [6, 6.07) is 15.7. The molecule has 1 aliphatic heterocycles. The van der Waals surface area contributed by atoms with Gasteiger partial charge in [0.05, 0.1) is 10.8 Å². The fourth-order valence-corrected chi connectivity index (χ4v) is 4.60. The number of likely N-dealkylation sites (tertiary alicyclic amines) is 1. The molecular formula is C24H27BrFN3O. The van der Waals surface area contributed by atoms with Crippen LogP contribution in [0.3, 0.4) is 0 Å². The number of aromatic nitrogens is 1. The zero-order valence-corrected chi connectivity index (χ0v) is 18.8. The van der Waals surface area contributed by atoms with Crippen molar-refractivity contribution in [1.82, 2.24) is 9.47 Å². The van der Waals surface area contributed by atoms with E-state index >= 15 is 0 Å². The Bertz CT molecular complexity index is 1020. The van der Waals surface area contributed by atoms with Gasteiger partial charge in [-0.3, -0.25) is 4.79 Å². The van der Waals surface area contributed by atoms with Crippen LogP contribution in [0.4, 0.5) is 10.1 Å². The van der Waals surface area contributed by atoms with Crippen molar-refractivity contribution in [2.75, 3.05) is 30.3 Å². The molecule has 0 bridgehead atoms. The number of carbonyl (C=O) groups is 1. The predicted molar refractivity (Wildman–Crippen MR) is 124 cm³/mol. The Morgan fingerprint density at radius 2 is 1.87 bits per heavy atom. The Hall–Kier alpha value is -2.18. The van der Waals surface area contributed by atoms with E-state index in [1.165, 1.54) is 34.3 Å². The van der Waals surface area contributed by atoms with E-state index < -0.39 is 0 Å². The number of fused-ring (bicyclic) bond motifs is 1. The van der Waals surface area contributed by atoms with Crippen molar-refractivity contribution in [3.63, 3.8) is 0 Å². The second kappa shape index (κ2) is 9.31. The van der Waals surface area contributed by atoms with Crippen molar-refractivity contribution in [2.45, 2.75) is 32.2 Å². The molecule has 1 amide bonds. The Morgan fingerprint density at radius 1 is 1.13 bits per heavy atom. The minimum atomic E-state index is -0.177. The molecule has 158 valence electrons. The van der Waals surface area contributed by atoms with Gasteiger partial charge in [-0.05, 0) is 62.1 Å². The highest BCUT2D eigenvalue weighted by molar-refractivity contribution is 9.09. The van der Waals surface area contributed by atoms with Crippen LogP contribution in [0.1, 0.15) is 30.1 Å². The number of rotatable bonds is 6. The largest absolute Gasteiger partial charge is 0.342 e. The zero-order chi connectivity index (χ0) is 21.1. The lowest BCUT2D eigenvalue weighted by Crippen LogP contribution is -2.36. The molecule has 0 radical (unpaired) electrons. The van der Waals surface area contributed by atoms with Crippen LogP contribution in [-0.2, 0) is 11.2 Å². The lowest BCUT2D eigenvalue weighted by Gasteiger charge is -2.34. The molecule has 2 heterocycles. The summed E-state index contributed by atoms with van der Waals surface area (Å²) in [5.74, 6) is -0.220. The fraction of sp³-hybridized carbons (Fsp3) is 0.375. The average Bonchev–Trinajstić information content (AvgIpc) is 3.08. The standard InChI is InChI=1S/C24H27BrFN3O/c1-17-14-19-4-7-21(27-24(30)16-25)15-23(19)29(17)22-9-12-28(13-10-22)11-8-18-2-5-20(26)6-3-18/h2-7,14-15,22H,8-13,16H2,1H3,(H,27,30). The number of alkyl halides is 1. The van der Waals surface area contributed by atoms with E-state index in [4.69, 9.17) is 0 Å². The third kappa shape index (κ3) is 4.76. The topological polar surface area (TPSA) is 37.3 Å². The Balaban J connectivity index is 1.42. The van der Waals surface area contributed by atoms with Gasteiger partial charge in [0.25, 0.3) is 0 Å². The van der Waals surface area contributed by atoms with Gasteiger partial charge in [0.2, 0.25) is 5.91 Å². The van der Waals surface area contributed by atoms with Crippen LogP contribution in [-0.4, -0.2) is 40.3 Å². The molecule has 1 fully saturated rings. The molecule has 3 aromatic rings. The molecule has 1 saturated heterocycles. The van der Waals surface area contributed by atoms with Crippen molar-refractivity contribution < 1.29 is 9.18 Å². The van der Waals surface area contributed by atoms with Crippen LogP contribution in [0.2, 0.25) is 0 Å². The number of amides is 1. The molecular weight excluding hydrogens is 445 g/mol. The van der Waals surface area contributed by atoms with Gasteiger partial charge in [-0.1, -0.05) is 34.1 Å². The molecule has 0 atom stereocenters. The third-order valence-electron chi connectivity index (χ3n) is 5.99. The number of benzene rings is 2. The summed E-state index contributed by atoms with van der Waals surface area (Å²) in [4.78, 5) is 14.2. The maximum absolute atomic E-state index is 13.1. The molecule has 6 heteroatoms. The molecule has 1 N–H and O–H groups in total. The van der Waals surface area contributed by atoms with E-state index in [9.17, 15) is 9.18 Å². The molecule has 0 saturated carbocycles. The van der Waals surface area contributed by atoms with E-state index in [1.54, 1.807) is 0 Å². The van der Waals surface area contributed by atoms with Crippen molar-refractivity contribution >= 4 is 38.4 Å². The molecule has 1 aliphatic rings. The molecule has 1 aromatic heterocycles. The number of anilines is 1. The van der Waals surface area contributed by atoms with E-state index in [0.29, 0.717) is 11.4 Å². The first kappa shape index (κ1) is 21.1. The normalized spacial score (nSPS) is 15.6. The highest BCUT2D eigenvalue weighted by atomic mass is 79.9. The fourth-order valence-electron chi connectivity index (χ4n) is 4.46. The first-order chi connectivity index (χ1) is 14.5. The first-order valence-electron chi connectivity index (χ1n) is 10.5. The predicted octanol–water partition coefficient (Wildman–Crippen LogP) is 5.30. The minimum absolute atomic E-state index is 0.0429. The van der Waals surface area contributed by atoms with Crippen molar-refractivity contribution in [3.05, 3.63) is 65.6 Å². The molecule has 2 aromatic carbocycles. The van der Waals surface area contributed by atoms with Gasteiger partial charge in [-0.2, -0.15) is 0 Å². The Morgan fingerprint density at radius 3 is 2.57 bits per heavy atom. The summed E-state index contributed by atoms with van der Waals surface area (Å²) >= 11 is 3.20. The number of aryl methyl sites for hydroxylation is 1. The van der Waals surface area contributed by atoms with Crippen molar-refractivity contribution in [2.24, 2.45) is 0 Å². The number of carbonyl (C=O) groups excluding carboxylic acids is 1. The summed E-state index contributed by atoms with van der Waals surface area (Å²) in [5.41, 5.74) is 4.47. The van der Waals surface area contributed by atoms with E-state index in [-0.39, 0.29) is 11.7 Å². The van der Waals surface area contributed by atoms with Crippen molar-refractivity contribution in [1.29, 1.82) is 0 Å². The SMILES string of the molecule is Cc1cc2ccc(NC(=O)CBr)cc2n1C1CCN(CCc2ccc(F)cc2)CC1. The zero-order valence-electron chi connectivity index (χ0n) is 17.2. The number of halogens is 2. The summed E-state index contributed by atoms with van der Waals surface area (Å²) < 4.78 is 15.5. The molecule has 4 rings (SSSR count). The average molecular weight is 472 g/mol. The molecule has 0 unspecified atom stereocenters. The number of nitrogens with one attached hydrogen (secondary N) is 1. The number of nitrogens with zero attached hydrogens (tertiary/aromatic N) is 2. The smallest absolute Gasteiger partial charge is 0.235 e. The number of hydrogen-bond donors (Lipinski definition) is 1. The van der Waals surface area contributed by atoms with Crippen LogP contribution < -0.4 is 5.32 Å². The second-order valence-corrected chi connectivity index (χ2v) is 8.62. The first-order valence-corrected chi connectivity index (χ1v) is 11.6. The van der Waals surface area contributed by atoms with E-state index in [1.807, 2.05) is 18.2 Å². The molecule has 30 heavy (non-hydrogen) atoms. The van der Waals surface area contributed by atoms with Crippen LogP contribution in [0.25, 0.3) is 10.9 Å². The summed E-state index contributed by atoms with van der Waals surface area (Å²) in [5, 5.41) is 4.44. The monoisotopic (exact) mass is 471 g/mol. The lowest BCUT2D eigenvalue weighted by molar-refractivity contribution is -0.113. The Labute approximate surface area is 185 Å². The highest BCUT2D eigenvalue weighted by Crippen LogP contribution is 2.32. The van der Waals surface area contributed by atoms with Gasteiger partial charge in [0.15, 0.2) is 0 Å². The summed E-state index contributed by atoms with van der Waals surface area (Å²) in [6.07, 6.45) is 3.16. The van der Waals surface area contributed by atoms with Crippen LogP contribution >= 0.6 is 15.9 Å².